The van der Waals surface area contributed by atoms with Gasteiger partial charge in [-0.2, -0.15) is 0 Å². The SMILES string of the molecule is CC(C)NCCCCOCCN(C)C. The summed E-state index contributed by atoms with van der Waals surface area (Å²) in [6.07, 6.45) is 2.37. The second kappa shape index (κ2) is 9.44. The summed E-state index contributed by atoms with van der Waals surface area (Å²) >= 11 is 0. The Bertz CT molecular complexity index is 102. The fourth-order valence-electron chi connectivity index (χ4n) is 1.07. The van der Waals surface area contributed by atoms with Crippen LogP contribution in [-0.2, 0) is 4.74 Å². The maximum atomic E-state index is 5.48. The van der Waals surface area contributed by atoms with Crippen molar-refractivity contribution in [2.75, 3.05) is 40.4 Å². The second-order valence-electron chi connectivity index (χ2n) is 4.23. The van der Waals surface area contributed by atoms with Crippen molar-refractivity contribution in [3.05, 3.63) is 0 Å². The van der Waals surface area contributed by atoms with Gasteiger partial charge in [-0.15, -0.1) is 0 Å². The first-order valence-electron chi connectivity index (χ1n) is 5.58. The first kappa shape index (κ1) is 13.9. The molecule has 0 aromatic rings. The Morgan fingerprint density at radius 2 is 1.86 bits per heavy atom. The van der Waals surface area contributed by atoms with E-state index in [1.165, 1.54) is 6.42 Å². The second-order valence-corrected chi connectivity index (χ2v) is 4.23. The van der Waals surface area contributed by atoms with Gasteiger partial charge in [0.25, 0.3) is 0 Å². The molecule has 0 heterocycles. The smallest absolute Gasteiger partial charge is 0.0593 e. The average molecular weight is 202 g/mol. The summed E-state index contributed by atoms with van der Waals surface area (Å²) < 4.78 is 5.48. The van der Waals surface area contributed by atoms with Gasteiger partial charge in [0.1, 0.15) is 0 Å². The third kappa shape index (κ3) is 11.9. The summed E-state index contributed by atoms with van der Waals surface area (Å²) in [5, 5.41) is 3.39. The fraction of sp³-hybridized carbons (Fsp3) is 1.00. The van der Waals surface area contributed by atoms with Crippen molar-refractivity contribution >= 4 is 0 Å². The lowest BCUT2D eigenvalue weighted by Crippen LogP contribution is -2.24. The van der Waals surface area contributed by atoms with Gasteiger partial charge in [-0.05, 0) is 33.5 Å². The molecule has 0 rings (SSSR count). The van der Waals surface area contributed by atoms with Crippen LogP contribution in [0.2, 0.25) is 0 Å². The van der Waals surface area contributed by atoms with E-state index in [2.05, 4.69) is 38.2 Å². The number of rotatable bonds is 9. The Balaban J connectivity index is 2.92. The van der Waals surface area contributed by atoms with Crippen molar-refractivity contribution in [1.82, 2.24) is 10.2 Å². The van der Waals surface area contributed by atoms with Gasteiger partial charge in [0.05, 0.1) is 6.61 Å². The van der Waals surface area contributed by atoms with Crippen molar-refractivity contribution in [2.24, 2.45) is 0 Å². The van der Waals surface area contributed by atoms with Gasteiger partial charge in [0.15, 0.2) is 0 Å². The van der Waals surface area contributed by atoms with Gasteiger partial charge in [0.2, 0.25) is 0 Å². The van der Waals surface area contributed by atoms with Crippen LogP contribution >= 0.6 is 0 Å². The molecule has 0 aliphatic rings. The molecule has 0 atom stereocenters. The van der Waals surface area contributed by atoms with Crippen molar-refractivity contribution in [1.29, 1.82) is 0 Å². The average Bonchev–Trinajstić information content (AvgIpc) is 2.08. The normalized spacial score (nSPS) is 11.6. The van der Waals surface area contributed by atoms with Crippen LogP contribution in [0.15, 0.2) is 0 Å². The minimum Gasteiger partial charge on any atom is -0.380 e. The van der Waals surface area contributed by atoms with E-state index in [0.717, 1.165) is 32.7 Å². The summed E-state index contributed by atoms with van der Waals surface area (Å²) in [7, 11) is 4.13. The standard InChI is InChI=1S/C11H26N2O/c1-11(2)12-7-5-6-9-14-10-8-13(3)4/h11-12H,5-10H2,1-4H3. The Morgan fingerprint density at radius 3 is 2.43 bits per heavy atom. The van der Waals surface area contributed by atoms with E-state index in [0.29, 0.717) is 6.04 Å². The molecule has 1 N–H and O–H groups in total. The van der Waals surface area contributed by atoms with Crippen LogP contribution in [0.4, 0.5) is 0 Å². The molecular weight excluding hydrogens is 176 g/mol. The molecule has 0 aromatic heterocycles. The molecular formula is C11H26N2O. The molecule has 0 saturated heterocycles. The molecule has 0 spiro atoms. The van der Waals surface area contributed by atoms with Gasteiger partial charge >= 0.3 is 0 Å². The summed E-state index contributed by atoms with van der Waals surface area (Å²) in [4.78, 5) is 2.14. The lowest BCUT2D eigenvalue weighted by molar-refractivity contribution is 0.114. The highest BCUT2D eigenvalue weighted by Gasteiger charge is 1.93. The van der Waals surface area contributed by atoms with E-state index >= 15 is 0 Å². The Kier molecular flexibility index (Phi) is 9.35. The predicted octanol–water partition coefficient (Wildman–Crippen LogP) is 1.34. The Hall–Kier alpha value is -0.120. The zero-order valence-electron chi connectivity index (χ0n) is 10.2. The maximum absolute atomic E-state index is 5.48. The lowest BCUT2D eigenvalue weighted by atomic mass is 10.3. The van der Waals surface area contributed by atoms with Gasteiger partial charge in [-0.25, -0.2) is 0 Å². The molecule has 0 aliphatic heterocycles. The van der Waals surface area contributed by atoms with Crippen LogP contribution < -0.4 is 5.32 Å². The van der Waals surface area contributed by atoms with E-state index in [4.69, 9.17) is 4.74 Å². The van der Waals surface area contributed by atoms with E-state index in [-0.39, 0.29) is 0 Å². The van der Waals surface area contributed by atoms with Crippen molar-refractivity contribution in [3.63, 3.8) is 0 Å². The van der Waals surface area contributed by atoms with E-state index in [1.807, 2.05) is 0 Å². The van der Waals surface area contributed by atoms with Gasteiger partial charge in [-0.3, -0.25) is 0 Å². The van der Waals surface area contributed by atoms with Crippen molar-refractivity contribution < 1.29 is 4.74 Å². The summed E-state index contributed by atoms with van der Waals surface area (Å²) in [5.41, 5.74) is 0. The number of likely N-dealkylation sites (N-methyl/N-ethyl adjacent to an activating group) is 1. The number of ether oxygens (including phenoxy) is 1. The number of nitrogens with one attached hydrogen (secondary N) is 1. The zero-order chi connectivity index (χ0) is 10.8. The van der Waals surface area contributed by atoms with E-state index < -0.39 is 0 Å². The molecule has 3 heteroatoms. The molecule has 0 amide bonds. The van der Waals surface area contributed by atoms with Crippen molar-refractivity contribution in [2.45, 2.75) is 32.7 Å². The van der Waals surface area contributed by atoms with Crippen molar-refractivity contribution in [3.8, 4) is 0 Å². The maximum Gasteiger partial charge on any atom is 0.0593 e. The lowest BCUT2D eigenvalue weighted by Gasteiger charge is -2.10. The molecule has 86 valence electrons. The number of unbranched alkanes of at least 4 members (excludes halogenated alkanes) is 1. The summed E-state index contributed by atoms with van der Waals surface area (Å²) in [6.45, 7) is 8.22. The molecule has 0 radical (unpaired) electrons. The van der Waals surface area contributed by atoms with Crippen LogP contribution in [-0.4, -0.2) is 51.3 Å². The Labute approximate surface area is 88.8 Å². The van der Waals surface area contributed by atoms with E-state index in [9.17, 15) is 0 Å². The highest BCUT2D eigenvalue weighted by Crippen LogP contribution is 1.90. The van der Waals surface area contributed by atoms with Crippen LogP contribution in [0, 0.1) is 0 Å². The molecule has 0 bridgehead atoms. The van der Waals surface area contributed by atoms with Crippen LogP contribution in [0.3, 0.4) is 0 Å². The minimum absolute atomic E-state index is 0.602. The van der Waals surface area contributed by atoms with Gasteiger partial charge in [0, 0.05) is 19.2 Å². The third-order valence-electron chi connectivity index (χ3n) is 1.95. The van der Waals surface area contributed by atoms with Crippen LogP contribution in [0.5, 0.6) is 0 Å². The quantitative estimate of drug-likeness (QED) is 0.571. The van der Waals surface area contributed by atoms with E-state index in [1.54, 1.807) is 0 Å². The van der Waals surface area contributed by atoms with Gasteiger partial charge < -0.3 is 15.0 Å². The minimum atomic E-state index is 0.602. The zero-order valence-corrected chi connectivity index (χ0v) is 10.2. The molecule has 14 heavy (non-hydrogen) atoms. The third-order valence-corrected chi connectivity index (χ3v) is 1.95. The summed E-state index contributed by atoms with van der Waals surface area (Å²) in [6, 6.07) is 0.602. The highest BCUT2D eigenvalue weighted by atomic mass is 16.5. The monoisotopic (exact) mass is 202 g/mol. The first-order valence-corrected chi connectivity index (χ1v) is 5.58. The molecule has 0 fully saturated rings. The molecule has 0 aliphatic carbocycles. The topological polar surface area (TPSA) is 24.5 Å². The predicted molar refractivity (Wildman–Crippen MR) is 61.7 cm³/mol. The molecule has 0 unspecified atom stereocenters. The van der Waals surface area contributed by atoms with Gasteiger partial charge in [-0.1, -0.05) is 13.8 Å². The number of hydrogen-bond acceptors (Lipinski definition) is 3. The molecule has 3 nitrogen and oxygen atoms in total. The Morgan fingerprint density at radius 1 is 1.14 bits per heavy atom. The number of hydrogen-bond donors (Lipinski definition) is 1. The highest BCUT2D eigenvalue weighted by molar-refractivity contribution is 4.52. The molecule has 0 saturated carbocycles. The molecule has 0 aromatic carbocycles. The van der Waals surface area contributed by atoms with Crippen LogP contribution in [0.1, 0.15) is 26.7 Å². The fourth-order valence-corrected chi connectivity index (χ4v) is 1.07. The van der Waals surface area contributed by atoms with Crippen LogP contribution in [0.25, 0.3) is 0 Å². The largest absolute Gasteiger partial charge is 0.380 e. The first-order chi connectivity index (χ1) is 6.63. The number of nitrogens with zero attached hydrogens (tertiary/aromatic N) is 1. The summed E-state index contributed by atoms with van der Waals surface area (Å²) in [5.74, 6) is 0.